The van der Waals surface area contributed by atoms with Crippen molar-refractivity contribution in [3.63, 3.8) is 0 Å². The zero-order valence-electron chi connectivity index (χ0n) is 22.1. The van der Waals surface area contributed by atoms with Crippen molar-refractivity contribution in [2.45, 2.75) is 36.6 Å². The maximum atomic E-state index is 15.5. The number of imidazole rings is 1. The van der Waals surface area contributed by atoms with E-state index in [-0.39, 0.29) is 17.9 Å². The van der Waals surface area contributed by atoms with E-state index in [1.165, 1.54) is 31.6 Å². The summed E-state index contributed by atoms with van der Waals surface area (Å²) in [4.78, 5) is 26.2. The number of alkyl halides is 3. The van der Waals surface area contributed by atoms with Gasteiger partial charge in [0.2, 0.25) is 5.88 Å². The van der Waals surface area contributed by atoms with Gasteiger partial charge >= 0.3 is 6.18 Å². The second-order valence-corrected chi connectivity index (χ2v) is 9.98. The fraction of sp³-hybridized carbons (Fsp3) is 0.259. The van der Waals surface area contributed by atoms with Crippen LogP contribution in [-0.2, 0) is 17.8 Å². The number of halogens is 4. The Hall–Kier alpha value is -4.29. The summed E-state index contributed by atoms with van der Waals surface area (Å²) in [6.07, 6.45) is 0.818. The molecule has 4 heterocycles. The van der Waals surface area contributed by atoms with E-state index in [1.54, 1.807) is 18.3 Å². The zero-order chi connectivity index (χ0) is 29.8. The summed E-state index contributed by atoms with van der Waals surface area (Å²) in [7, 11) is 18.5. The summed E-state index contributed by atoms with van der Waals surface area (Å²) < 4.78 is 61.8. The van der Waals surface area contributed by atoms with Crippen LogP contribution in [0, 0.1) is 5.82 Å². The number of methoxy groups -OCH3 is 1. The molecule has 1 saturated carbocycles. The first-order valence-electron chi connectivity index (χ1n) is 12.8. The van der Waals surface area contributed by atoms with E-state index in [2.05, 4.69) is 19.9 Å². The van der Waals surface area contributed by atoms with Gasteiger partial charge in [-0.25, -0.2) is 29.3 Å². The predicted molar refractivity (Wildman–Crippen MR) is 148 cm³/mol. The van der Waals surface area contributed by atoms with Gasteiger partial charge in [0.1, 0.15) is 29.0 Å². The molecule has 4 aromatic heterocycles. The number of nitrogens with zero attached hydrogens (tertiary/aromatic N) is 7. The topological polar surface area (TPSA) is 91.5 Å². The van der Waals surface area contributed by atoms with Gasteiger partial charge in [-0.1, -0.05) is 11.3 Å². The highest BCUT2D eigenvalue weighted by Gasteiger charge is 2.36. The Balaban J connectivity index is 1.43. The third kappa shape index (κ3) is 5.23. The normalized spacial score (nSPS) is 13.9. The third-order valence-electron chi connectivity index (χ3n) is 6.81. The average Bonchev–Trinajstić information content (AvgIpc) is 3.68. The van der Waals surface area contributed by atoms with Crippen LogP contribution in [0.15, 0.2) is 49.1 Å². The maximum Gasteiger partial charge on any atom is 0.434 e. The molecule has 0 saturated heterocycles. The van der Waals surface area contributed by atoms with E-state index in [0.717, 1.165) is 18.5 Å². The molecule has 0 aliphatic heterocycles. The Morgan fingerprint density at radius 3 is 2.48 bits per heavy atom. The van der Waals surface area contributed by atoms with Crippen molar-refractivity contribution in [3.8, 4) is 28.7 Å². The highest BCUT2D eigenvalue weighted by Crippen LogP contribution is 2.45. The largest absolute Gasteiger partial charge is 0.480 e. The summed E-state index contributed by atoms with van der Waals surface area (Å²) >= 11 is 0. The molecule has 1 aromatic carbocycles. The number of fused-ring (bicyclic) bond motifs is 1. The van der Waals surface area contributed by atoms with Crippen molar-refractivity contribution in [1.29, 1.82) is 0 Å². The van der Waals surface area contributed by atoms with E-state index >= 15 is 4.39 Å². The van der Waals surface area contributed by atoms with Gasteiger partial charge in [0, 0.05) is 24.7 Å². The van der Waals surface area contributed by atoms with E-state index in [1.807, 2.05) is 0 Å². The minimum atomic E-state index is -4.83. The van der Waals surface area contributed by atoms with Crippen LogP contribution < -0.4 is 4.74 Å². The molecule has 42 heavy (non-hydrogen) atoms. The van der Waals surface area contributed by atoms with Crippen molar-refractivity contribution < 1.29 is 22.3 Å². The first-order chi connectivity index (χ1) is 19.9. The molecule has 6 rings (SSSR count). The second-order valence-electron chi connectivity index (χ2n) is 9.98. The maximum absolute atomic E-state index is 15.5. The molecule has 0 N–H and O–H groups in total. The Kier molecular flexibility index (Phi) is 6.78. The first kappa shape index (κ1) is 27.9. The molecule has 15 heteroatoms. The molecule has 6 radical (unpaired) electrons. The van der Waals surface area contributed by atoms with Crippen molar-refractivity contribution in [2.75, 3.05) is 7.11 Å². The number of rotatable bonds is 7. The highest BCUT2D eigenvalue weighted by atomic mass is 19.4. The summed E-state index contributed by atoms with van der Waals surface area (Å²) in [6.45, 7) is 0. The molecular formula is C27H18B3F4N7O. The van der Waals surface area contributed by atoms with Crippen LogP contribution in [-0.4, -0.2) is 65.1 Å². The summed E-state index contributed by atoms with van der Waals surface area (Å²) in [5, 5.41) is -2.26. The molecule has 0 atom stereocenters. The minimum absolute atomic E-state index is 0.117. The number of hydrogen-bond donors (Lipinski definition) is 0. The zero-order valence-corrected chi connectivity index (χ0v) is 22.1. The second kappa shape index (κ2) is 10.2. The van der Waals surface area contributed by atoms with E-state index in [4.69, 9.17) is 38.2 Å². The van der Waals surface area contributed by atoms with E-state index < -0.39 is 28.7 Å². The molecule has 0 spiro atoms. The number of ether oxygens (including phenoxy) is 1. The first-order valence-corrected chi connectivity index (χ1v) is 12.8. The fourth-order valence-corrected chi connectivity index (χ4v) is 4.72. The van der Waals surface area contributed by atoms with Crippen LogP contribution in [0.3, 0.4) is 0 Å². The van der Waals surface area contributed by atoms with Crippen LogP contribution in [0.1, 0.15) is 41.4 Å². The Morgan fingerprint density at radius 2 is 1.81 bits per heavy atom. The Bertz CT molecular complexity index is 1820. The van der Waals surface area contributed by atoms with Crippen LogP contribution in [0.2, 0.25) is 0 Å². The monoisotopic (exact) mass is 565 g/mol. The molecule has 1 fully saturated rings. The molecule has 1 aliphatic rings. The number of pyridine rings is 1. The van der Waals surface area contributed by atoms with Gasteiger partial charge < -0.3 is 9.30 Å². The number of benzene rings is 1. The van der Waals surface area contributed by atoms with Crippen LogP contribution in [0.5, 0.6) is 5.88 Å². The third-order valence-corrected chi connectivity index (χ3v) is 6.81. The molecule has 1 aliphatic carbocycles. The summed E-state index contributed by atoms with van der Waals surface area (Å²) in [6, 6.07) is 7.51. The highest BCUT2D eigenvalue weighted by molar-refractivity contribution is 6.56. The van der Waals surface area contributed by atoms with Gasteiger partial charge in [-0.2, -0.15) is 13.2 Å². The molecule has 8 nitrogen and oxygen atoms in total. The van der Waals surface area contributed by atoms with Crippen LogP contribution in [0.25, 0.3) is 33.8 Å². The Labute approximate surface area is 241 Å². The molecule has 204 valence electrons. The molecule has 5 aromatic rings. The fourth-order valence-electron chi connectivity index (χ4n) is 4.72. The standard InChI is InChI=1S/C27H18B3F4N7O/c1-42-25-20(21(14-5-6-14)36-12-37-25)23-38-17-3-2-8-35-22(17)18(39-23)10-13-4-7-15(16(31)9-13)24-40-19(26(32,33)34)11-41(24)27(28,29)30/h2-4,7-9,11-12,14H,5-6,10H2,1H3. The van der Waals surface area contributed by atoms with Gasteiger partial charge in [-0.3, -0.25) is 4.98 Å². The van der Waals surface area contributed by atoms with E-state index in [0.29, 0.717) is 50.3 Å². The Morgan fingerprint density at radius 1 is 1.02 bits per heavy atom. The van der Waals surface area contributed by atoms with Gasteiger partial charge in [0.15, 0.2) is 11.5 Å². The van der Waals surface area contributed by atoms with Gasteiger partial charge in [-0.15, -0.1) is 0 Å². The van der Waals surface area contributed by atoms with E-state index in [9.17, 15) is 13.2 Å². The van der Waals surface area contributed by atoms with Gasteiger partial charge in [0.05, 0.1) is 53.1 Å². The van der Waals surface area contributed by atoms with Crippen LogP contribution in [0.4, 0.5) is 17.6 Å². The lowest BCUT2D eigenvalue weighted by Gasteiger charge is -2.25. The average molecular weight is 565 g/mol. The smallest absolute Gasteiger partial charge is 0.434 e. The van der Waals surface area contributed by atoms with Crippen molar-refractivity contribution in [1.82, 2.24) is 34.5 Å². The number of hydrogen-bond acceptors (Lipinski definition) is 7. The predicted octanol–water partition coefficient (Wildman–Crippen LogP) is 4.05. The number of aromatic nitrogens is 7. The molecular weight excluding hydrogens is 547 g/mol. The summed E-state index contributed by atoms with van der Waals surface area (Å²) in [5.74, 6) is -0.415. The lowest BCUT2D eigenvalue weighted by Crippen LogP contribution is -2.35. The van der Waals surface area contributed by atoms with Gasteiger partial charge in [0.25, 0.3) is 0 Å². The quantitative estimate of drug-likeness (QED) is 0.217. The van der Waals surface area contributed by atoms with Crippen molar-refractivity contribution in [2.24, 2.45) is 0 Å². The lowest BCUT2D eigenvalue weighted by molar-refractivity contribution is -0.140. The van der Waals surface area contributed by atoms with Gasteiger partial charge in [-0.05, 0) is 42.7 Å². The molecule has 0 unspecified atom stereocenters. The summed E-state index contributed by atoms with van der Waals surface area (Å²) in [5.41, 5.74) is 1.78. The van der Waals surface area contributed by atoms with Crippen molar-refractivity contribution >= 4 is 34.6 Å². The molecule has 0 bridgehead atoms. The van der Waals surface area contributed by atoms with Crippen molar-refractivity contribution in [3.05, 3.63) is 77.5 Å². The minimum Gasteiger partial charge on any atom is -0.480 e. The lowest BCUT2D eigenvalue weighted by atomic mass is 9.49. The molecule has 0 amide bonds. The SMILES string of the molecule is [B]C([B])([B])n1cc(C(F)(F)F)nc1-c1ccc(Cc2nc(-c3c(OC)ncnc3C3CC3)nc3cccnc23)cc1F. The van der Waals surface area contributed by atoms with Crippen LogP contribution >= 0.6 is 0 Å².